The van der Waals surface area contributed by atoms with Crippen LogP contribution in [-0.4, -0.2) is 21.0 Å². The molecule has 0 aliphatic rings. The van der Waals surface area contributed by atoms with Crippen LogP contribution in [0.5, 0.6) is 0 Å². The summed E-state index contributed by atoms with van der Waals surface area (Å²) in [5.41, 5.74) is 2.55. The Hall–Kier alpha value is -2.37. The van der Waals surface area contributed by atoms with Crippen molar-refractivity contribution >= 4 is 40.7 Å². The number of pyridine rings is 1. The maximum absolute atomic E-state index is 6.08. The minimum absolute atomic E-state index is 0.213. The Balaban J connectivity index is 1.98. The quantitative estimate of drug-likeness (QED) is 0.625. The second-order valence-electron chi connectivity index (χ2n) is 5.75. The van der Waals surface area contributed by atoms with Gasteiger partial charge in [0.1, 0.15) is 5.82 Å². The molecule has 2 heterocycles. The average molecular weight is 374 g/mol. The molecule has 0 amide bonds. The molecule has 0 atom stereocenters. The third kappa shape index (κ3) is 4.59. The van der Waals surface area contributed by atoms with Gasteiger partial charge in [0.25, 0.3) is 0 Å². The third-order valence-electron chi connectivity index (χ3n) is 3.31. The van der Waals surface area contributed by atoms with Crippen molar-refractivity contribution in [1.29, 1.82) is 0 Å². The smallest absolute Gasteiger partial charge is 0.225 e. The first-order valence-corrected chi connectivity index (χ1v) is 8.55. The Morgan fingerprint density at radius 2 is 1.68 bits per heavy atom. The molecular weight excluding hydrogens is 357 g/mol. The molecule has 0 spiro atoms. The van der Waals surface area contributed by atoms with Crippen molar-refractivity contribution in [1.82, 2.24) is 15.0 Å². The Kier molecular flexibility index (Phi) is 5.36. The third-order valence-corrected chi connectivity index (χ3v) is 4.05. The van der Waals surface area contributed by atoms with Crippen LogP contribution in [0.3, 0.4) is 0 Å². The monoisotopic (exact) mass is 373 g/mol. The van der Waals surface area contributed by atoms with E-state index in [-0.39, 0.29) is 6.04 Å². The van der Waals surface area contributed by atoms with E-state index in [4.69, 9.17) is 23.2 Å². The summed E-state index contributed by atoms with van der Waals surface area (Å²) in [7, 11) is 0. The zero-order valence-electron chi connectivity index (χ0n) is 13.8. The number of rotatable bonds is 5. The highest BCUT2D eigenvalue weighted by atomic mass is 35.5. The van der Waals surface area contributed by atoms with Gasteiger partial charge in [-0.05, 0) is 44.2 Å². The minimum atomic E-state index is 0.213. The van der Waals surface area contributed by atoms with Crippen molar-refractivity contribution in [3.8, 4) is 11.3 Å². The Morgan fingerprint density at radius 3 is 2.36 bits per heavy atom. The average Bonchev–Trinajstić information content (AvgIpc) is 2.58. The summed E-state index contributed by atoms with van der Waals surface area (Å²) >= 11 is 12.1. The van der Waals surface area contributed by atoms with Gasteiger partial charge in [0.05, 0.1) is 15.7 Å². The zero-order valence-corrected chi connectivity index (χ0v) is 15.3. The van der Waals surface area contributed by atoms with Crippen LogP contribution in [0, 0.1) is 0 Å². The number of nitrogens with zero attached hydrogens (tertiary/aromatic N) is 3. The van der Waals surface area contributed by atoms with E-state index in [1.54, 1.807) is 24.5 Å². The van der Waals surface area contributed by atoms with E-state index in [2.05, 4.69) is 25.6 Å². The molecule has 25 heavy (non-hydrogen) atoms. The Labute approximate surface area is 156 Å². The highest BCUT2D eigenvalue weighted by Crippen LogP contribution is 2.28. The molecular formula is C18H17Cl2N5. The molecule has 0 aliphatic heterocycles. The van der Waals surface area contributed by atoms with Crippen LogP contribution in [0.25, 0.3) is 11.3 Å². The van der Waals surface area contributed by atoms with Crippen LogP contribution < -0.4 is 10.6 Å². The lowest BCUT2D eigenvalue weighted by Gasteiger charge is -2.13. The topological polar surface area (TPSA) is 62.7 Å². The first-order valence-electron chi connectivity index (χ1n) is 7.79. The van der Waals surface area contributed by atoms with Gasteiger partial charge >= 0.3 is 0 Å². The SMILES string of the molecule is CC(C)Nc1nc(Nc2ccc(Cl)c(Cl)c2)cc(-c2ccncc2)n1. The molecule has 0 saturated carbocycles. The van der Waals surface area contributed by atoms with E-state index in [1.807, 2.05) is 38.1 Å². The molecule has 0 bridgehead atoms. The number of nitrogens with one attached hydrogen (secondary N) is 2. The zero-order chi connectivity index (χ0) is 17.8. The highest BCUT2D eigenvalue weighted by molar-refractivity contribution is 6.42. The second kappa shape index (κ2) is 7.68. The molecule has 0 saturated heterocycles. The molecule has 5 nitrogen and oxygen atoms in total. The molecule has 0 fully saturated rings. The van der Waals surface area contributed by atoms with E-state index in [1.165, 1.54) is 0 Å². The van der Waals surface area contributed by atoms with Gasteiger partial charge in [0.15, 0.2) is 0 Å². The van der Waals surface area contributed by atoms with Gasteiger partial charge in [-0.25, -0.2) is 4.98 Å². The van der Waals surface area contributed by atoms with Crippen molar-refractivity contribution in [2.75, 3.05) is 10.6 Å². The fourth-order valence-electron chi connectivity index (χ4n) is 2.23. The van der Waals surface area contributed by atoms with E-state index in [0.717, 1.165) is 16.9 Å². The summed E-state index contributed by atoms with van der Waals surface area (Å²) in [6, 6.07) is 11.2. The summed E-state index contributed by atoms with van der Waals surface area (Å²) in [6.07, 6.45) is 3.47. The van der Waals surface area contributed by atoms with Crippen molar-refractivity contribution in [3.05, 3.63) is 58.8 Å². The number of benzene rings is 1. The molecule has 1 aromatic carbocycles. The number of hydrogen-bond acceptors (Lipinski definition) is 5. The van der Waals surface area contributed by atoms with E-state index in [0.29, 0.717) is 21.8 Å². The maximum Gasteiger partial charge on any atom is 0.225 e. The molecule has 2 aromatic heterocycles. The predicted octanol–water partition coefficient (Wildman–Crippen LogP) is 5.41. The van der Waals surface area contributed by atoms with Crippen LogP contribution in [-0.2, 0) is 0 Å². The number of hydrogen-bond donors (Lipinski definition) is 2. The van der Waals surface area contributed by atoms with Gasteiger partial charge in [-0.15, -0.1) is 0 Å². The number of aromatic nitrogens is 3. The molecule has 0 radical (unpaired) electrons. The first kappa shape index (κ1) is 17.5. The van der Waals surface area contributed by atoms with Crippen molar-refractivity contribution in [3.63, 3.8) is 0 Å². The molecule has 0 aliphatic carbocycles. The van der Waals surface area contributed by atoms with Crippen molar-refractivity contribution in [2.45, 2.75) is 19.9 Å². The summed E-state index contributed by atoms with van der Waals surface area (Å²) in [6.45, 7) is 4.07. The van der Waals surface area contributed by atoms with E-state index < -0.39 is 0 Å². The van der Waals surface area contributed by atoms with Gasteiger partial charge in [-0.3, -0.25) is 4.98 Å². The predicted molar refractivity (Wildman–Crippen MR) is 104 cm³/mol. The van der Waals surface area contributed by atoms with Crippen molar-refractivity contribution in [2.24, 2.45) is 0 Å². The molecule has 0 unspecified atom stereocenters. The largest absolute Gasteiger partial charge is 0.352 e. The van der Waals surface area contributed by atoms with Gasteiger partial charge in [0, 0.05) is 35.8 Å². The highest BCUT2D eigenvalue weighted by Gasteiger charge is 2.09. The lowest BCUT2D eigenvalue weighted by atomic mass is 10.2. The summed E-state index contributed by atoms with van der Waals surface area (Å²) in [5.74, 6) is 1.20. The molecule has 7 heteroatoms. The van der Waals surface area contributed by atoms with E-state index in [9.17, 15) is 0 Å². The van der Waals surface area contributed by atoms with Gasteiger partial charge < -0.3 is 10.6 Å². The lowest BCUT2D eigenvalue weighted by molar-refractivity contribution is 0.876. The van der Waals surface area contributed by atoms with Crippen LogP contribution in [0.2, 0.25) is 10.0 Å². The van der Waals surface area contributed by atoms with Crippen LogP contribution in [0.4, 0.5) is 17.5 Å². The first-order chi connectivity index (χ1) is 12.0. The molecule has 128 valence electrons. The number of anilines is 3. The second-order valence-corrected chi connectivity index (χ2v) is 6.57. The minimum Gasteiger partial charge on any atom is -0.352 e. The number of halogens is 2. The molecule has 3 aromatic rings. The van der Waals surface area contributed by atoms with E-state index >= 15 is 0 Å². The normalized spacial score (nSPS) is 10.8. The molecule has 3 rings (SSSR count). The van der Waals surface area contributed by atoms with Crippen LogP contribution >= 0.6 is 23.2 Å². The van der Waals surface area contributed by atoms with Gasteiger partial charge in [0.2, 0.25) is 5.95 Å². The summed E-state index contributed by atoms with van der Waals surface area (Å²) in [5, 5.41) is 7.47. The van der Waals surface area contributed by atoms with Crippen LogP contribution in [0.1, 0.15) is 13.8 Å². The maximum atomic E-state index is 6.08. The van der Waals surface area contributed by atoms with Gasteiger partial charge in [-0.1, -0.05) is 23.2 Å². The van der Waals surface area contributed by atoms with Crippen molar-refractivity contribution < 1.29 is 0 Å². The fraction of sp³-hybridized carbons (Fsp3) is 0.167. The fourth-order valence-corrected chi connectivity index (χ4v) is 2.52. The Morgan fingerprint density at radius 1 is 0.920 bits per heavy atom. The van der Waals surface area contributed by atoms with Gasteiger partial charge in [-0.2, -0.15) is 4.98 Å². The standard InChI is InChI=1S/C18H17Cl2N5/c1-11(2)22-18-24-16(12-5-7-21-8-6-12)10-17(25-18)23-13-3-4-14(19)15(20)9-13/h3-11H,1-2H3,(H2,22,23,24,25). The summed E-state index contributed by atoms with van der Waals surface area (Å²) in [4.78, 5) is 13.1. The lowest BCUT2D eigenvalue weighted by Crippen LogP contribution is -2.13. The Bertz CT molecular complexity index is 869. The van der Waals surface area contributed by atoms with Crippen LogP contribution in [0.15, 0.2) is 48.8 Å². The summed E-state index contributed by atoms with van der Waals surface area (Å²) < 4.78 is 0. The molecule has 2 N–H and O–H groups in total.